The number of ether oxygens (including phenoxy) is 2. The Kier molecular flexibility index (Phi) is 4.45. The maximum Gasteiger partial charge on any atom is 0.126 e. The van der Waals surface area contributed by atoms with E-state index in [4.69, 9.17) is 15.3 Å². The number of aryl methyl sites for hydroxylation is 1. The fourth-order valence-electron chi connectivity index (χ4n) is 2.89. The minimum absolute atomic E-state index is 0.0687. The number of hydrogen-bond donors (Lipinski definition) is 2. The van der Waals surface area contributed by atoms with E-state index in [0.717, 1.165) is 24.3 Å². The molecular weight excluding hydrogens is 240 g/mol. The summed E-state index contributed by atoms with van der Waals surface area (Å²) in [6, 6.07) is 4.30. The van der Waals surface area contributed by atoms with E-state index in [2.05, 4.69) is 38.3 Å². The van der Waals surface area contributed by atoms with Crippen molar-refractivity contribution in [3.8, 4) is 5.75 Å². The SMILES string of the molecule is COc1c(C(NN)C2COC(C)C2)ccc(C)c1C. The molecule has 3 unspecified atom stereocenters. The molecule has 1 aliphatic rings. The summed E-state index contributed by atoms with van der Waals surface area (Å²) < 4.78 is 11.3. The monoisotopic (exact) mass is 264 g/mol. The molecule has 0 radical (unpaired) electrons. The molecule has 0 bridgehead atoms. The zero-order chi connectivity index (χ0) is 14.0. The predicted molar refractivity (Wildman–Crippen MR) is 76.1 cm³/mol. The molecule has 1 aromatic carbocycles. The highest BCUT2D eigenvalue weighted by Gasteiger charge is 2.32. The summed E-state index contributed by atoms with van der Waals surface area (Å²) in [4.78, 5) is 0. The van der Waals surface area contributed by atoms with Gasteiger partial charge in [-0.05, 0) is 38.3 Å². The second-order valence-electron chi connectivity index (χ2n) is 5.41. The van der Waals surface area contributed by atoms with Crippen LogP contribution in [0.5, 0.6) is 5.75 Å². The zero-order valence-electron chi connectivity index (χ0n) is 12.2. The second-order valence-corrected chi connectivity index (χ2v) is 5.41. The Hall–Kier alpha value is -1.10. The van der Waals surface area contributed by atoms with Gasteiger partial charge < -0.3 is 9.47 Å². The topological polar surface area (TPSA) is 56.5 Å². The summed E-state index contributed by atoms with van der Waals surface area (Å²) in [7, 11) is 1.71. The smallest absolute Gasteiger partial charge is 0.126 e. The Morgan fingerprint density at radius 1 is 1.42 bits per heavy atom. The predicted octanol–water partition coefficient (Wildman–Crippen LogP) is 2.24. The molecule has 4 heteroatoms. The van der Waals surface area contributed by atoms with E-state index in [1.807, 2.05) is 0 Å². The van der Waals surface area contributed by atoms with Gasteiger partial charge in [0.1, 0.15) is 5.75 Å². The van der Waals surface area contributed by atoms with Crippen molar-refractivity contribution in [2.45, 2.75) is 39.3 Å². The molecule has 0 amide bonds. The summed E-state index contributed by atoms with van der Waals surface area (Å²) in [5.74, 6) is 7.10. The van der Waals surface area contributed by atoms with E-state index in [1.54, 1.807) is 7.11 Å². The van der Waals surface area contributed by atoms with E-state index < -0.39 is 0 Å². The summed E-state index contributed by atoms with van der Waals surface area (Å²) in [6.07, 6.45) is 1.32. The Balaban J connectivity index is 2.35. The molecule has 1 aliphatic heterocycles. The van der Waals surface area contributed by atoms with E-state index in [1.165, 1.54) is 11.1 Å². The third-order valence-electron chi connectivity index (χ3n) is 4.13. The standard InChI is InChI=1S/C15H24N2O2/c1-9-5-6-13(15(18-4)11(9)3)14(17-16)12-7-10(2)19-8-12/h5-6,10,12,14,17H,7-8,16H2,1-4H3. The van der Waals surface area contributed by atoms with Crippen LogP contribution in [0.2, 0.25) is 0 Å². The number of hydrazine groups is 1. The quantitative estimate of drug-likeness (QED) is 0.647. The fraction of sp³-hybridized carbons (Fsp3) is 0.600. The van der Waals surface area contributed by atoms with Gasteiger partial charge in [0.15, 0.2) is 0 Å². The second kappa shape index (κ2) is 5.90. The Morgan fingerprint density at radius 2 is 2.16 bits per heavy atom. The van der Waals surface area contributed by atoms with Gasteiger partial charge in [-0.2, -0.15) is 0 Å². The normalized spacial score (nSPS) is 24.5. The first-order valence-electron chi connectivity index (χ1n) is 6.80. The lowest BCUT2D eigenvalue weighted by Crippen LogP contribution is -2.34. The largest absolute Gasteiger partial charge is 0.496 e. The Morgan fingerprint density at radius 3 is 2.68 bits per heavy atom. The molecule has 0 aromatic heterocycles. The number of nitrogens with two attached hydrogens (primary N) is 1. The first-order chi connectivity index (χ1) is 9.08. The van der Waals surface area contributed by atoms with Crippen molar-refractivity contribution in [1.29, 1.82) is 0 Å². The van der Waals surface area contributed by atoms with Crippen molar-refractivity contribution in [3.05, 3.63) is 28.8 Å². The molecule has 3 atom stereocenters. The molecular formula is C15H24N2O2. The first-order valence-corrected chi connectivity index (χ1v) is 6.80. The van der Waals surface area contributed by atoms with Crippen LogP contribution >= 0.6 is 0 Å². The van der Waals surface area contributed by atoms with Gasteiger partial charge in [-0.25, -0.2) is 0 Å². The number of benzene rings is 1. The average molecular weight is 264 g/mol. The zero-order valence-corrected chi connectivity index (χ0v) is 12.2. The molecule has 106 valence electrons. The molecule has 1 fully saturated rings. The van der Waals surface area contributed by atoms with Crippen LogP contribution in [-0.4, -0.2) is 19.8 Å². The van der Waals surface area contributed by atoms with Crippen LogP contribution in [-0.2, 0) is 4.74 Å². The van der Waals surface area contributed by atoms with Crippen LogP contribution in [0.25, 0.3) is 0 Å². The van der Waals surface area contributed by atoms with E-state index in [-0.39, 0.29) is 6.04 Å². The number of hydrogen-bond acceptors (Lipinski definition) is 4. The van der Waals surface area contributed by atoms with Crippen molar-refractivity contribution in [2.75, 3.05) is 13.7 Å². The molecule has 3 N–H and O–H groups in total. The molecule has 0 spiro atoms. The fourth-order valence-corrected chi connectivity index (χ4v) is 2.89. The van der Waals surface area contributed by atoms with Crippen molar-refractivity contribution in [3.63, 3.8) is 0 Å². The summed E-state index contributed by atoms with van der Waals surface area (Å²) in [5, 5.41) is 0. The van der Waals surface area contributed by atoms with E-state index >= 15 is 0 Å². The van der Waals surface area contributed by atoms with Crippen molar-refractivity contribution < 1.29 is 9.47 Å². The van der Waals surface area contributed by atoms with Gasteiger partial charge in [0.25, 0.3) is 0 Å². The number of methoxy groups -OCH3 is 1. The summed E-state index contributed by atoms with van der Waals surface area (Å²) in [6.45, 7) is 7.02. The summed E-state index contributed by atoms with van der Waals surface area (Å²) in [5.41, 5.74) is 6.47. The lowest BCUT2D eigenvalue weighted by Gasteiger charge is -2.25. The van der Waals surface area contributed by atoms with Crippen LogP contribution in [0.3, 0.4) is 0 Å². The molecule has 2 rings (SSSR count). The molecule has 0 aliphatic carbocycles. The molecule has 1 heterocycles. The average Bonchev–Trinajstić information content (AvgIpc) is 2.81. The molecule has 4 nitrogen and oxygen atoms in total. The summed E-state index contributed by atoms with van der Waals surface area (Å²) >= 11 is 0. The molecule has 1 aromatic rings. The van der Waals surface area contributed by atoms with Crippen molar-refractivity contribution >= 4 is 0 Å². The Labute approximate surface area is 115 Å². The maximum absolute atomic E-state index is 5.78. The van der Waals surface area contributed by atoms with Gasteiger partial charge >= 0.3 is 0 Å². The van der Waals surface area contributed by atoms with Gasteiger partial charge in [0.2, 0.25) is 0 Å². The van der Waals surface area contributed by atoms with Crippen LogP contribution < -0.4 is 16.0 Å². The minimum atomic E-state index is 0.0687. The lowest BCUT2D eigenvalue weighted by molar-refractivity contribution is 0.116. The van der Waals surface area contributed by atoms with Gasteiger partial charge in [-0.3, -0.25) is 11.3 Å². The van der Waals surface area contributed by atoms with E-state index in [0.29, 0.717) is 12.0 Å². The maximum atomic E-state index is 5.78. The number of nitrogens with one attached hydrogen (secondary N) is 1. The highest BCUT2D eigenvalue weighted by Crippen LogP contribution is 2.37. The first kappa shape index (κ1) is 14.3. The number of rotatable bonds is 4. The lowest BCUT2D eigenvalue weighted by atomic mass is 9.89. The van der Waals surface area contributed by atoms with E-state index in [9.17, 15) is 0 Å². The van der Waals surface area contributed by atoms with Crippen molar-refractivity contribution in [2.24, 2.45) is 11.8 Å². The minimum Gasteiger partial charge on any atom is -0.496 e. The van der Waals surface area contributed by atoms with Crippen LogP contribution in [0.15, 0.2) is 12.1 Å². The highest BCUT2D eigenvalue weighted by molar-refractivity contribution is 5.47. The van der Waals surface area contributed by atoms with Gasteiger partial charge in [0, 0.05) is 11.5 Å². The third-order valence-corrected chi connectivity index (χ3v) is 4.13. The molecule has 0 saturated carbocycles. The van der Waals surface area contributed by atoms with Crippen LogP contribution in [0.1, 0.15) is 36.1 Å². The van der Waals surface area contributed by atoms with Crippen LogP contribution in [0, 0.1) is 19.8 Å². The van der Waals surface area contributed by atoms with Gasteiger partial charge in [-0.15, -0.1) is 0 Å². The van der Waals surface area contributed by atoms with Gasteiger partial charge in [0.05, 0.1) is 25.9 Å². The molecule has 1 saturated heterocycles. The van der Waals surface area contributed by atoms with Crippen molar-refractivity contribution in [1.82, 2.24) is 5.43 Å². The highest BCUT2D eigenvalue weighted by atomic mass is 16.5. The van der Waals surface area contributed by atoms with Crippen LogP contribution in [0.4, 0.5) is 0 Å². The van der Waals surface area contributed by atoms with Gasteiger partial charge in [-0.1, -0.05) is 12.1 Å². The molecule has 19 heavy (non-hydrogen) atoms. The Bertz CT molecular complexity index is 448. The third kappa shape index (κ3) is 2.76.